The second kappa shape index (κ2) is 5.04. The van der Waals surface area contributed by atoms with E-state index in [1.54, 1.807) is 18.3 Å². The molecular weight excluding hydrogens is 252 g/mol. The third-order valence-corrected chi connectivity index (χ3v) is 3.27. The molecule has 0 spiro atoms. The first kappa shape index (κ1) is 11.6. The van der Waals surface area contributed by atoms with E-state index in [2.05, 4.69) is 20.4 Å². The molecule has 1 atom stereocenters. The van der Waals surface area contributed by atoms with Gasteiger partial charge >= 0.3 is 0 Å². The first-order valence-corrected chi connectivity index (χ1v) is 6.34. The summed E-state index contributed by atoms with van der Waals surface area (Å²) in [5, 5.41) is 7.86. The van der Waals surface area contributed by atoms with Crippen LogP contribution in [0.1, 0.15) is 12.3 Å². The second-order valence-electron chi connectivity index (χ2n) is 4.44. The maximum Gasteiger partial charge on any atom is 0.227 e. The zero-order valence-corrected chi connectivity index (χ0v) is 10.5. The van der Waals surface area contributed by atoms with Crippen LogP contribution in [0.5, 0.6) is 0 Å². The molecule has 2 aromatic heterocycles. The Kier molecular flexibility index (Phi) is 3.25. The molecule has 18 heavy (non-hydrogen) atoms. The van der Waals surface area contributed by atoms with Gasteiger partial charge in [-0.2, -0.15) is 4.98 Å². The Labute approximate surface area is 110 Å². The normalized spacial score (nSPS) is 19.3. The van der Waals surface area contributed by atoms with Crippen LogP contribution in [0, 0.1) is 5.92 Å². The summed E-state index contributed by atoms with van der Waals surface area (Å²) in [6.07, 6.45) is 3.57. The maximum absolute atomic E-state index is 5.78. The molecule has 0 saturated carbocycles. The predicted molar refractivity (Wildman–Crippen MR) is 67.2 cm³/mol. The third-order valence-electron chi connectivity index (χ3n) is 3.05. The van der Waals surface area contributed by atoms with Gasteiger partial charge in [-0.25, -0.2) is 0 Å². The van der Waals surface area contributed by atoms with E-state index in [9.17, 15) is 0 Å². The van der Waals surface area contributed by atoms with Crippen molar-refractivity contribution in [2.45, 2.75) is 12.8 Å². The first-order valence-electron chi connectivity index (χ1n) is 5.96. The number of rotatable bonds is 3. The first-order chi connectivity index (χ1) is 8.81. The molecule has 1 unspecified atom stereocenters. The predicted octanol–water partition coefficient (Wildman–Crippen LogP) is 1.94. The van der Waals surface area contributed by atoms with Gasteiger partial charge in [0.2, 0.25) is 11.7 Å². The topological polar surface area (TPSA) is 63.8 Å². The number of halogens is 1. The minimum Gasteiger partial charge on any atom is -0.339 e. The molecule has 94 valence electrons. The molecule has 0 bridgehead atoms. The van der Waals surface area contributed by atoms with E-state index < -0.39 is 0 Å². The lowest BCUT2D eigenvalue weighted by molar-refractivity contribution is 0.358. The van der Waals surface area contributed by atoms with Gasteiger partial charge in [0.05, 0.1) is 5.02 Å². The highest BCUT2D eigenvalue weighted by Crippen LogP contribution is 2.18. The lowest BCUT2D eigenvalue weighted by Crippen LogP contribution is -2.10. The summed E-state index contributed by atoms with van der Waals surface area (Å²) in [5.41, 5.74) is 0.680. The Hall–Kier alpha value is -1.46. The summed E-state index contributed by atoms with van der Waals surface area (Å²) in [6, 6.07) is 3.55. The van der Waals surface area contributed by atoms with Crippen molar-refractivity contribution >= 4 is 11.6 Å². The van der Waals surface area contributed by atoms with Crippen molar-refractivity contribution in [3.63, 3.8) is 0 Å². The SMILES string of the molecule is Clc1ccc(-c2noc(CC3CCNC3)n2)nc1. The van der Waals surface area contributed by atoms with Crippen LogP contribution in [0.3, 0.4) is 0 Å². The van der Waals surface area contributed by atoms with Crippen molar-refractivity contribution in [1.29, 1.82) is 0 Å². The summed E-state index contributed by atoms with van der Waals surface area (Å²) in [7, 11) is 0. The van der Waals surface area contributed by atoms with E-state index in [0.717, 1.165) is 25.9 Å². The van der Waals surface area contributed by atoms with Crippen LogP contribution in [-0.2, 0) is 6.42 Å². The molecule has 2 aromatic rings. The van der Waals surface area contributed by atoms with Crippen molar-refractivity contribution in [3.05, 3.63) is 29.2 Å². The fraction of sp³-hybridized carbons (Fsp3) is 0.417. The number of nitrogens with one attached hydrogen (secondary N) is 1. The van der Waals surface area contributed by atoms with Gasteiger partial charge in [-0.3, -0.25) is 4.98 Å². The summed E-state index contributed by atoms with van der Waals surface area (Å²) in [4.78, 5) is 8.53. The Morgan fingerprint density at radius 1 is 1.44 bits per heavy atom. The molecule has 0 aromatic carbocycles. The minimum absolute atomic E-state index is 0.521. The van der Waals surface area contributed by atoms with Crippen molar-refractivity contribution in [2.24, 2.45) is 5.92 Å². The van der Waals surface area contributed by atoms with Crippen molar-refractivity contribution in [1.82, 2.24) is 20.4 Å². The molecule has 6 heteroatoms. The van der Waals surface area contributed by atoms with Gasteiger partial charge < -0.3 is 9.84 Å². The van der Waals surface area contributed by atoms with Crippen LogP contribution in [0.25, 0.3) is 11.5 Å². The van der Waals surface area contributed by atoms with E-state index >= 15 is 0 Å². The quantitative estimate of drug-likeness (QED) is 0.918. The average molecular weight is 265 g/mol. The number of hydrogen-bond donors (Lipinski definition) is 1. The Bertz CT molecular complexity index is 519. The Morgan fingerprint density at radius 2 is 2.39 bits per heavy atom. The van der Waals surface area contributed by atoms with Crippen molar-refractivity contribution in [3.8, 4) is 11.5 Å². The highest BCUT2D eigenvalue weighted by molar-refractivity contribution is 6.30. The number of hydrogen-bond acceptors (Lipinski definition) is 5. The maximum atomic E-state index is 5.78. The zero-order valence-electron chi connectivity index (χ0n) is 9.77. The van der Waals surface area contributed by atoms with Gasteiger partial charge in [-0.05, 0) is 37.6 Å². The van der Waals surface area contributed by atoms with Gasteiger partial charge in [0.1, 0.15) is 5.69 Å². The molecule has 0 aliphatic carbocycles. The molecular formula is C12H13ClN4O. The lowest BCUT2D eigenvalue weighted by Gasteiger charge is -2.01. The van der Waals surface area contributed by atoms with Crippen LogP contribution in [-0.4, -0.2) is 28.2 Å². The molecule has 1 saturated heterocycles. The van der Waals surface area contributed by atoms with Crippen LogP contribution >= 0.6 is 11.6 Å². The van der Waals surface area contributed by atoms with Crippen LogP contribution in [0.15, 0.2) is 22.9 Å². The van der Waals surface area contributed by atoms with Gasteiger partial charge in [-0.15, -0.1) is 0 Å². The third kappa shape index (κ3) is 2.52. The second-order valence-corrected chi connectivity index (χ2v) is 4.87. The molecule has 0 radical (unpaired) electrons. The molecule has 1 aliphatic rings. The van der Waals surface area contributed by atoms with Crippen LogP contribution in [0.2, 0.25) is 5.02 Å². The molecule has 1 N–H and O–H groups in total. The summed E-state index contributed by atoms with van der Waals surface area (Å²) in [6.45, 7) is 2.10. The number of nitrogens with zero attached hydrogens (tertiary/aromatic N) is 3. The fourth-order valence-corrected chi connectivity index (χ4v) is 2.20. The summed E-state index contributed by atoms with van der Waals surface area (Å²) >= 11 is 5.78. The van der Waals surface area contributed by atoms with Crippen LogP contribution in [0.4, 0.5) is 0 Å². The number of aromatic nitrogens is 3. The van der Waals surface area contributed by atoms with Crippen LogP contribution < -0.4 is 5.32 Å². The van der Waals surface area contributed by atoms with Crippen molar-refractivity contribution in [2.75, 3.05) is 13.1 Å². The molecule has 5 nitrogen and oxygen atoms in total. The number of pyridine rings is 1. The van der Waals surface area contributed by atoms with E-state index in [-0.39, 0.29) is 0 Å². The fourth-order valence-electron chi connectivity index (χ4n) is 2.09. The largest absolute Gasteiger partial charge is 0.339 e. The highest BCUT2D eigenvalue weighted by Gasteiger charge is 2.19. The Morgan fingerprint density at radius 3 is 3.11 bits per heavy atom. The lowest BCUT2D eigenvalue weighted by atomic mass is 10.1. The average Bonchev–Trinajstić information content (AvgIpc) is 3.02. The van der Waals surface area contributed by atoms with Crippen molar-refractivity contribution < 1.29 is 4.52 Å². The van der Waals surface area contributed by atoms with E-state index in [4.69, 9.17) is 16.1 Å². The van der Waals surface area contributed by atoms with Gasteiger partial charge in [0, 0.05) is 12.6 Å². The van der Waals surface area contributed by atoms with E-state index in [1.165, 1.54) is 0 Å². The van der Waals surface area contributed by atoms with Gasteiger partial charge in [0.25, 0.3) is 0 Å². The summed E-state index contributed by atoms with van der Waals surface area (Å²) in [5.74, 6) is 1.79. The minimum atomic E-state index is 0.521. The molecule has 1 fully saturated rings. The summed E-state index contributed by atoms with van der Waals surface area (Å²) < 4.78 is 5.25. The smallest absolute Gasteiger partial charge is 0.227 e. The standard InChI is InChI=1S/C12H13ClN4O/c13-9-1-2-10(15-7-9)12-16-11(18-17-12)5-8-3-4-14-6-8/h1-2,7-8,14H,3-6H2. The van der Waals surface area contributed by atoms with Gasteiger partial charge in [-0.1, -0.05) is 16.8 Å². The zero-order chi connectivity index (χ0) is 12.4. The molecule has 0 amide bonds. The molecule has 3 rings (SSSR count). The van der Waals surface area contributed by atoms with E-state index in [0.29, 0.717) is 28.3 Å². The Balaban J connectivity index is 1.74. The molecule has 3 heterocycles. The highest BCUT2D eigenvalue weighted by atomic mass is 35.5. The monoisotopic (exact) mass is 264 g/mol. The molecule has 1 aliphatic heterocycles. The van der Waals surface area contributed by atoms with Gasteiger partial charge in [0.15, 0.2) is 0 Å². The van der Waals surface area contributed by atoms with E-state index in [1.807, 2.05) is 0 Å².